The molecule has 1 nitrogen and oxygen atoms in total. The van der Waals surface area contributed by atoms with Crippen molar-refractivity contribution in [1.82, 2.24) is 0 Å². The number of hydrogen-bond acceptors (Lipinski definition) is 1. The van der Waals surface area contributed by atoms with Gasteiger partial charge in [-0.3, -0.25) is 0 Å². The average molecular weight is 237 g/mol. The van der Waals surface area contributed by atoms with Crippen LogP contribution in [0.25, 0.3) is 0 Å². The van der Waals surface area contributed by atoms with E-state index < -0.39 is 12.1 Å². The first-order valence-electron chi connectivity index (χ1n) is 3.89. The summed E-state index contributed by atoms with van der Waals surface area (Å²) in [5.74, 6) is 0. The van der Waals surface area contributed by atoms with Crippen molar-refractivity contribution in [2.24, 2.45) is 4.65 Å². The molecule has 0 fully saturated rings. The molecule has 3 heteroatoms. The van der Waals surface area contributed by atoms with E-state index in [1.807, 2.05) is 0 Å². The molecule has 0 amide bonds. The standard InChI is InChI=1S/C8H20AsNS/c1-7(2,3)9(10,11)8(4,5)6/h1-6H3,(H2,10,11). The summed E-state index contributed by atoms with van der Waals surface area (Å²) in [5, 5.41) is 0. The molecule has 2 N–H and O–H groups in total. The van der Waals surface area contributed by atoms with E-state index >= 15 is 0 Å². The van der Waals surface area contributed by atoms with Crippen LogP contribution in [-0.4, -0.2) is 12.1 Å². The van der Waals surface area contributed by atoms with Gasteiger partial charge in [-0.25, -0.2) is 0 Å². The molecule has 0 aliphatic carbocycles. The molecule has 0 heterocycles. The van der Waals surface area contributed by atoms with Crippen LogP contribution in [0.4, 0.5) is 0 Å². The summed E-state index contributed by atoms with van der Waals surface area (Å²) < 4.78 is 6.55. The van der Waals surface area contributed by atoms with Crippen molar-refractivity contribution in [2.45, 2.75) is 49.9 Å². The Morgan fingerprint density at radius 3 is 1.09 bits per heavy atom. The van der Waals surface area contributed by atoms with Gasteiger partial charge in [-0.15, -0.1) is 0 Å². The molecule has 0 atom stereocenters. The molecule has 11 heavy (non-hydrogen) atoms. The van der Waals surface area contributed by atoms with Crippen LogP contribution in [0.15, 0.2) is 0 Å². The van der Waals surface area contributed by atoms with E-state index in [9.17, 15) is 0 Å². The van der Waals surface area contributed by atoms with E-state index in [-0.39, 0.29) is 8.41 Å². The van der Waals surface area contributed by atoms with E-state index in [4.69, 9.17) is 15.0 Å². The molecule has 0 radical (unpaired) electrons. The Bertz CT molecular complexity index is 167. The number of nitrogens with two attached hydrogens (primary N) is 1. The predicted octanol–water partition coefficient (Wildman–Crippen LogP) is 3.19. The minimum absolute atomic E-state index is 0.145. The van der Waals surface area contributed by atoms with Crippen molar-refractivity contribution in [3.8, 4) is 0 Å². The van der Waals surface area contributed by atoms with Gasteiger partial charge in [-0.2, -0.15) is 0 Å². The fourth-order valence-electron chi connectivity index (χ4n) is 1.01. The van der Waals surface area contributed by atoms with E-state index in [2.05, 4.69) is 41.5 Å². The van der Waals surface area contributed by atoms with Crippen molar-refractivity contribution in [3.05, 3.63) is 0 Å². The second-order valence-corrected chi connectivity index (χ2v) is 16.4. The third-order valence-electron chi connectivity index (χ3n) is 1.99. The van der Waals surface area contributed by atoms with Crippen LogP contribution in [0, 0.1) is 0 Å². The van der Waals surface area contributed by atoms with Crippen LogP contribution >= 0.6 is 10.4 Å². The molecule has 0 aromatic rings. The summed E-state index contributed by atoms with van der Waals surface area (Å²) in [6.45, 7) is 13.0. The van der Waals surface area contributed by atoms with E-state index in [1.165, 1.54) is 0 Å². The normalized spacial score (nSPS) is 15.2. The second kappa shape index (κ2) is 2.90. The summed E-state index contributed by atoms with van der Waals surface area (Å²) in [7, 11) is 5.57. The second-order valence-electron chi connectivity index (χ2n) is 5.00. The van der Waals surface area contributed by atoms with Crippen molar-refractivity contribution in [1.29, 1.82) is 0 Å². The van der Waals surface area contributed by atoms with E-state index in [0.717, 1.165) is 0 Å². The Morgan fingerprint density at radius 2 is 1.09 bits per heavy atom. The molecule has 0 aromatic carbocycles. The first kappa shape index (κ1) is 11.7. The molecular weight excluding hydrogens is 217 g/mol. The molecular formula is C8H20AsNS. The molecule has 0 saturated carbocycles. The van der Waals surface area contributed by atoms with Gasteiger partial charge in [0.25, 0.3) is 0 Å². The fourth-order valence-corrected chi connectivity index (χ4v) is 5.23. The van der Waals surface area contributed by atoms with Gasteiger partial charge >= 0.3 is 77.1 Å². The zero-order chi connectivity index (χ0) is 9.50. The Hall–Kier alpha value is 0.738. The maximum atomic E-state index is 6.26. The molecule has 0 bridgehead atoms. The topological polar surface area (TPSA) is 26.0 Å². The predicted molar refractivity (Wildman–Crippen MR) is 57.0 cm³/mol. The molecule has 0 aliphatic heterocycles. The zero-order valence-corrected chi connectivity index (χ0v) is 11.1. The van der Waals surface area contributed by atoms with Crippen LogP contribution in [0.3, 0.4) is 0 Å². The van der Waals surface area contributed by atoms with Crippen LogP contribution < -0.4 is 4.65 Å². The Labute approximate surface area is 77.2 Å². The van der Waals surface area contributed by atoms with Gasteiger partial charge in [0, 0.05) is 0 Å². The van der Waals surface area contributed by atoms with Crippen molar-refractivity contribution in [3.63, 3.8) is 0 Å². The maximum absolute atomic E-state index is 6.26. The van der Waals surface area contributed by atoms with Gasteiger partial charge in [-0.1, -0.05) is 0 Å². The van der Waals surface area contributed by atoms with Gasteiger partial charge in [0.1, 0.15) is 0 Å². The first-order chi connectivity index (χ1) is 4.50. The van der Waals surface area contributed by atoms with Gasteiger partial charge in [0.05, 0.1) is 0 Å². The molecule has 0 saturated heterocycles. The summed E-state index contributed by atoms with van der Waals surface area (Å²) in [5.41, 5.74) is 0. The molecule has 0 rings (SSSR count). The summed E-state index contributed by atoms with van der Waals surface area (Å²) >= 11 is -2.38. The Morgan fingerprint density at radius 1 is 0.909 bits per heavy atom. The summed E-state index contributed by atoms with van der Waals surface area (Å²) in [6, 6.07) is 0. The first-order valence-corrected chi connectivity index (χ1v) is 9.51. The number of rotatable bonds is 0. The Balaban J connectivity index is 4.92. The summed E-state index contributed by atoms with van der Waals surface area (Å²) in [4.78, 5) is 0. The van der Waals surface area contributed by atoms with E-state index in [1.54, 1.807) is 0 Å². The van der Waals surface area contributed by atoms with Gasteiger partial charge < -0.3 is 0 Å². The van der Waals surface area contributed by atoms with Gasteiger partial charge in [0.2, 0.25) is 0 Å². The van der Waals surface area contributed by atoms with E-state index in [0.29, 0.717) is 0 Å². The average Bonchev–Trinajstić information content (AvgIpc) is 1.58. The SMILES string of the molecule is CC(C)(C)[As](N)(=S)C(C)(C)C. The van der Waals surface area contributed by atoms with Crippen LogP contribution in [0.1, 0.15) is 41.5 Å². The zero-order valence-electron chi connectivity index (χ0n) is 8.43. The third kappa shape index (κ3) is 2.34. The van der Waals surface area contributed by atoms with Crippen LogP contribution in [0.5, 0.6) is 0 Å². The Kier molecular flexibility index (Phi) is 3.10. The van der Waals surface area contributed by atoms with Crippen molar-refractivity contribution >= 4 is 22.5 Å². The van der Waals surface area contributed by atoms with Gasteiger partial charge in [0.15, 0.2) is 0 Å². The summed E-state index contributed by atoms with van der Waals surface area (Å²) in [6.07, 6.45) is 0. The van der Waals surface area contributed by atoms with Crippen molar-refractivity contribution < 1.29 is 0 Å². The molecule has 0 aromatic heterocycles. The molecule has 0 aliphatic rings. The molecule has 0 spiro atoms. The quantitative estimate of drug-likeness (QED) is 0.655. The minimum atomic E-state index is -2.38. The fraction of sp³-hybridized carbons (Fsp3) is 1.00. The van der Waals surface area contributed by atoms with Crippen molar-refractivity contribution in [2.75, 3.05) is 0 Å². The number of hydrogen-bond donors (Lipinski definition) is 1. The third-order valence-corrected chi connectivity index (χ3v) is 16.0. The monoisotopic (exact) mass is 237 g/mol. The van der Waals surface area contributed by atoms with Crippen LogP contribution in [0.2, 0.25) is 8.41 Å². The van der Waals surface area contributed by atoms with Gasteiger partial charge in [-0.05, 0) is 0 Å². The molecule has 0 unspecified atom stereocenters. The van der Waals surface area contributed by atoms with Crippen LogP contribution in [-0.2, 0) is 0 Å². The molecule has 68 valence electrons.